The number of fused-ring (bicyclic) bond motifs is 2. The van der Waals surface area contributed by atoms with E-state index < -0.39 is 0 Å². The number of ether oxygens (including phenoxy) is 2. The lowest BCUT2D eigenvalue weighted by Crippen LogP contribution is -2.50. The predicted octanol–water partition coefficient (Wildman–Crippen LogP) is 3.92. The van der Waals surface area contributed by atoms with Gasteiger partial charge in [-0.3, -0.25) is 0 Å². The van der Waals surface area contributed by atoms with Crippen molar-refractivity contribution in [3.8, 4) is 11.5 Å². The Bertz CT molecular complexity index is 1020. The smallest absolute Gasteiger partial charge is 0.321 e. The van der Waals surface area contributed by atoms with Crippen LogP contribution in [0, 0.1) is 0 Å². The van der Waals surface area contributed by atoms with Crippen LogP contribution in [0.25, 0.3) is 10.8 Å². The first-order chi connectivity index (χ1) is 13.8. The van der Waals surface area contributed by atoms with Crippen LogP contribution < -0.4 is 19.7 Å². The van der Waals surface area contributed by atoms with Crippen molar-refractivity contribution in [2.45, 2.75) is 0 Å². The molecular weight excluding hydrogens is 354 g/mol. The van der Waals surface area contributed by atoms with Crippen LogP contribution in [-0.4, -0.2) is 43.9 Å². The van der Waals surface area contributed by atoms with Gasteiger partial charge in [-0.25, -0.2) is 4.79 Å². The van der Waals surface area contributed by atoms with Crippen molar-refractivity contribution < 1.29 is 14.3 Å². The number of nitrogens with zero attached hydrogens (tertiary/aromatic N) is 2. The standard InChI is InChI=1S/C22H21N3O3/c26-22(23-19-7-3-5-16-4-1-2-6-18(16)19)25-12-10-24(11-13-25)17-8-9-20-21(14-17)28-15-27-20/h1-9,14H,10-13,15H2,(H,23,26). The summed E-state index contributed by atoms with van der Waals surface area (Å²) in [5, 5.41) is 5.25. The Morgan fingerprint density at radius 2 is 1.64 bits per heavy atom. The fourth-order valence-electron chi connectivity index (χ4n) is 3.78. The average molecular weight is 375 g/mol. The lowest BCUT2D eigenvalue weighted by atomic mass is 10.1. The van der Waals surface area contributed by atoms with Crippen LogP contribution >= 0.6 is 0 Å². The minimum absolute atomic E-state index is 0.0540. The number of carbonyl (C=O) groups excluding carboxylic acids is 1. The molecule has 3 aromatic rings. The molecule has 0 aliphatic carbocycles. The number of anilines is 2. The molecule has 0 aromatic heterocycles. The number of piperazine rings is 1. The number of urea groups is 1. The number of hydrogen-bond donors (Lipinski definition) is 1. The van der Waals surface area contributed by atoms with Crippen LogP contribution in [0.15, 0.2) is 60.7 Å². The van der Waals surface area contributed by atoms with E-state index >= 15 is 0 Å². The Balaban J connectivity index is 1.24. The Morgan fingerprint density at radius 1 is 0.857 bits per heavy atom. The first-order valence-electron chi connectivity index (χ1n) is 9.46. The molecule has 0 unspecified atom stereocenters. The summed E-state index contributed by atoms with van der Waals surface area (Å²) in [5.74, 6) is 1.57. The lowest BCUT2D eigenvalue weighted by Gasteiger charge is -2.36. The third-order valence-electron chi connectivity index (χ3n) is 5.32. The number of benzene rings is 3. The minimum atomic E-state index is -0.0540. The van der Waals surface area contributed by atoms with Gasteiger partial charge in [0, 0.05) is 43.3 Å². The van der Waals surface area contributed by atoms with Crippen LogP contribution in [0.3, 0.4) is 0 Å². The van der Waals surface area contributed by atoms with Gasteiger partial charge in [0.1, 0.15) is 0 Å². The van der Waals surface area contributed by atoms with Gasteiger partial charge in [0.15, 0.2) is 11.5 Å². The van der Waals surface area contributed by atoms with Gasteiger partial charge in [0.05, 0.1) is 5.69 Å². The SMILES string of the molecule is O=C(Nc1cccc2ccccc12)N1CCN(c2ccc3c(c2)OCO3)CC1. The summed E-state index contributed by atoms with van der Waals surface area (Å²) in [6, 6.07) is 20.0. The zero-order valence-electron chi connectivity index (χ0n) is 15.4. The number of nitrogens with one attached hydrogen (secondary N) is 1. The van der Waals surface area contributed by atoms with Crippen molar-refractivity contribution in [2.75, 3.05) is 43.2 Å². The fraction of sp³-hybridized carbons (Fsp3) is 0.227. The zero-order valence-corrected chi connectivity index (χ0v) is 15.4. The van der Waals surface area contributed by atoms with Gasteiger partial charge >= 0.3 is 6.03 Å². The van der Waals surface area contributed by atoms with Crippen LogP contribution in [-0.2, 0) is 0 Å². The van der Waals surface area contributed by atoms with Gasteiger partial charge in [-0.15, -0.1) is 0 Å². The largest absolute Gasteiger partial charge is 0.454 e. The molecule has 1 N–H and O–H groups in total. The van der Waals surface area contributed by atoms with E-state index in [-0.39, 0.29) is 12.8 Å². The summed E-state index contributed by atoms with van der Waals surface area (Å²) in [6.07, 6.45) is 0. The van der Waals surface area contributed by atoms with E-state index in [9.17, 15) is 4.79 Å². The van der Waals surface area contributed by atoms with Crippen LogP contribution in [0.5, 0.6) is 11.5 Å². The second-order valence-corrected chi connectivity index (χ2v) is 6.97. The van der Waals surface area contributed by atoms with E-state index in [0.29, 0.717) is 13.1 Å². The van der Waals surface area contributed by atoms with Crippen molar-refractivity contribution in [3.05, 3.63) is 60.7 Å². The maximum atomic E-state index is 12.8. The molecule has 6 heteroatoms. The van der Waals surface area contributed by atoms with Crippen molar-refractivity contribution in [1.82, 2.24) is 4.90 Å². The molecule has 5 rings (SSSR count). The molecule has 2 heterocycles. The summed E-state index contributed by atoms with van der Waals surface area (Å²) in [5.41, 5.74) is 1.94. The van der Waals surface area contributed by atoms with Crippen molar-refractivity contribution in [2.24, 2.45) is 0 Å². The molecule has 3 aromatic carbocycles. The molecule has 1 fully saturated rings. The summed E-state index contributed by atoms with van der Waals surface area (Å²) in [6.45, 7) is 3.18. The van der Waals surface area contributed by atoms with Crippen molar-refractivity contribution >= 4 is 28.2 Å². The third-order valence-corrected chi connectivity index (χ3v) is 5.32. The summed E-state index contributed by atoms with van der Waals surface area (Å²) in [7, 11) is 0. The highest BCUT2D eigenvalue weighted by atomic mass is 16.7. The second kappa shape index (κ2) is 6.96. The molecule has 0 atom stereocenters. The molecule has 0 saturated carbocycles. The average Bonchev–Trinajstić information content (AvgIpc) is 3.22. The maximum absolute atomic E-state index is 12.8. The lowest BCUT2D eigenvalue weighted by molar-refractivity contribution is 0.174. The molecule has 28 heavy (non-hydrogen) atoms. The Hall–Kier alpha value is -3.41. The molecule has 2 aliphatic heterocycles. The second-order valence-electron chi connectivity index (χ2n) is 6.97. The van der Waals surface area contributed by atoms with E-state index in [1.807, 2.05) is 53.4 Å². The first kappa shape index (κ1) is 16.7. The molecule has 2 aliphatic rings. The van der Waals surface area contributed by atoms with Gasteiger partial charge in [0.2, 0.25) is 6.79 Å². The normalized spacial score (nSPS) is 15.7. The van der Waals surface area contributed by atoms with Crippen LogP contribution in [0.1, 0.15) is 0 Å². The highest BCUT2D eigenvalue weighted by molar-refractivity contribution is 6.01. The van der Waals surface area contributed by atoms with E-state index in [1.165, 1.54) is 0 Å². The summed E-state index contributed by atoms with van der Waals surface area (Å²) >= 11 is 0. The number of rotatable bonds is 2. The molecular formula is C22H21N3O3. The fourth-order valence-corrected chi connectivity index (χ4v) is 3.78. The third kappa shape index (κ3) is 3.07. The van der Waals surface area contributed by atoms with Crippen LogP contribution in [0.2, 0.25) is 0 Å². The number of amides is 2. The number of hydrogen-bond acceptors (Lipinski definition) is 4. The van der Waals surface area contributed by atoms with E-state index in [4.69, 9.17) is 9.47 Å². The molecule has 142 valence electrons. The van der Waals surface area contributed by atoms with Gasteiger partial charge in [-0.2, -0.15) is 0 Å². The Morgan fingerprint density at radius 3 is 2.54 bits per heavy atom. The Labute approximate surface area is 163 Å². The van der Waals surface area contributed by atoms with E-state index in [1.54, 1.807) is 0 Å². The zero-order chi connectivity index (χ0) is 18.9. The molecule has 0 spiro atoms. The van der Waals surface area contributed by atoms with Crippen molar-refractivity contribution in [3.63, 3.8) is 0 Å². The molecule has 6 nitrogen and oxygen atoms in total. The van der Waals surface area contributed by atoms with Gasteiger partial charge in [-0.1, -0.05) is 36.4 Å². The summed E-state index contributed by atoms with van der Waals surface area (Å²) in [4.78, 5) is 16.9. The maximum Gasteiger partial charge on any atom is 0.321 e. The van der Waals surface area contributed by atoms with E-state index in [2.05, 4.69) is 22.3 Å². The minimum Gasteiger partial charge on any atom is -0.454 e. The molecule has 2 amide bonds. The highest BCUT2D eigenvalue weighted by Gasteiger charge is 2.23. The first-order valence-corrected chi connectivity index (χ1v) is 9.46. The Kier molecular flexibility index (Phi) is 4.16. The highest BCUT2D eigenvalue weighted by Crippen LogP contribution is 2.35. The van der Waals surface area contributed by atoms with Gasteiger partial charge < -0.3 is 24.6 Å². The summed E-state index contributed by atoms with van der Waals surface area (Å²) < 4.78 is 10.8. The number of carbonyl (C=O) groups is 1. The van der Waals surface area contributed by atoms with Gasteiger partial charge in [-0.05, 0) is 23.6 Å². The quantitative estimate of drug-likeness (QED) is 0.738. The van der Waals surface area contributed by atoms with Crippen molar-refractivity contribution in [1.29, 1.82) is 0 Å². The monoisotopic (exact) mass is 375 g/mol. The topological polar surface area (TPSA) is 54.0 Å². The van der Waals surface area contributed by atoms with Crippen LogP contribution in [0.4, 0.5) is 16.2 Å². The molecule has 0 bridgehead atoms. The van der Waals surface area contributed by atoms with Gasteiger partial charge in [0.25, 0.3) is 0 Å². The predicted molar refractivity (Wildman–Crippen MR) is 109 cm³/mol. The molecule has 1 saturated heterocycles. The van der Waals surface area contributed by atoms with E-state index in [0.717, 1.165) is 46.7 Å². The molecule has 0 radical (unpaired) electrons.